The molecule has 0 aromatic rings. The standard InChI is InChI=1S/C11H23NO2S/c1-4-15(13,14)8-7-12-11(9(2)3)10-5-6-10/h9-12H,4-8H2,1-3H3. The van der Waals surface area contributed by atoms with Crippen molar-refractivity contribution in [3.8, 4) is 0 Å². The van der Waals surface area contributed by atoms with Crippen molar-refractivity contribution >= 4 is 9.84 Å². The van der Waals surface area contributed by atoms with Gasteiger partial charge in [-0.3, -0.25) is 0 Å². The van der Waals surface area contributed by atoms with Crippen LogP contribution in [0.4, 0.5) is 0 Å². The smallest absolute Gasteiger partial charge is 0.151 e. The zero-order chi connectivity index (χ0) is 11.5. The van der Waals surface area contributed by atoms with Crippen molar-refractivity contribution in [3.05, 3.63) is 0 Å². The van der Waals surface area contributed by atoms with E-state index in [1.807, 2.05) is 0 Å². The molecule has 1 saturated carbocycles. The van der Waals surface area contributed by atoms with Gasteiger partial charge in [-0.15, -0.1) is 0 Å². The monoisotopic (exact) mass is 233 g/mol. The van der Waals surface area contributed by atoms with Crippen LogP contribution in [0.25, 0.3) is 0 Å². The van der Waals surface area contributed by atoms with Crippen molar-refractivity contribution in [1.82, 2.24) is 5.32 Å². The lowest BCUT2D eigenvalue weighted by Crippen LogP contribution is -2.38. The Morgan fingerprint density at radius 3 is 2.33 bits per heavy atom. The Labute approximate surface area is 93.6 Å². The molecule has 1 fully saturated rings. The quantitative estimate of drug-likeness (QED) is 0.724. The van der Waals surface area contributed by atoms with Crippen LogP contribution < -0.4 is 5.32 Å². The van der Waals surface area contributed by atoms with E-state index in [-0.39, 0.29) is 11.5 Å². The average molecular weight is 233 g/mol. The van der Waals surface area contributed by atoms with Crippen LogP contribution in [0.2, 0.25) is 0 Å². The summed E-state index contributed by atoms with van der Waals surface area (Å²) in [5.74, 6) is 1.92. The van der Waals surface area contributed by atoms with Crippen LogP contribution in [-0.4, -0.2) is 32.5 Å². The third kappa shape index (κ3) is 4.51. The molecule has 1 rings (SSSR count). The number of nitrogens with one attached hydrogen (secondary N) is 1. The summed E-state index contributed by atoms with van der Waals surface area (Å²) in [5.41, 5.74) is 0. The Morgan fingerprint density at radius 2 is 1.93 bits per heavy atom. The fraction of sp³-hybridized carbons (Fsp3) is 1.00. The molecular weight excluding hydrogens is 210 g/mol. The highest BCUT2D eigenvalue weighted by molar-refractivity contribution is 7.91. The molecule has 0 spiro atoms. The first-order chi connectivity index (χ1) is 6.96. The van der Waals surface area contributed by atoms with E-state index in [1.165, 1.54) is 12.8 Å². The largest absolute Gasteiger partial charge is 0.312 e. The first kappa shape index (κ1) is 13.0. The van der Waals surface area contributed by atoms with Gasteiger partial charge < -0.3 is 5.32 Å². The lowest BCUT2D eigenvalue weighted by atomic mass is 10.00. The van der Waals surface area contributed by atoms with Crippen LogP contribution in [0, 0.1) is 11.8 Å². The van der Waals surface area contributed by atoms with E-state index < -0.39 is 9.84 Å². The molecule has 1 unspecified atom stereocenters. The lowest BCUT2D eigenvalue weighted by Gasteiger charge is -2.21. The first-order valence-electron chi connectivity index (χ1n) is 5.90. The predicted octanol–water partition coefficient (Wildman–Crippen LogP) is 1.45. The Bertz CT molecular complexity index is 279. The Kier molecular flexibility index (Phi) is 4.59. The number of rotatable bonds is 7. The summed E-state index contributed by atoms with van der Waals surface area (Å²) in [5, 5.41) is 3.39. The number of hydrogen-bond donors (Lipinski definition) is 1. The van der Waals surface area contributed by atoms with Crippen LogP contribution in [0.15, 0.2) is 0 Å². The summed E-state index contributed by atoms with van der Waals surface area (Å²) in [6.07, 6.45) is 2.60. The Balaban J connectivity index is 2.28. The molecule has 1 N–H and O–H groups in total. The topological polar surface area (TPSA) is 46.2 Å². The molecule has 1 aliphatic rings. The molecule has 0 heterocycles. The third-order valence-corrected chi connectivity index (χ3v) is 4.79. The van der Waals surface area contributed by atoms with Crippen molar-refractivity contribution in [2.24, 2.45) is 11.8 Å². The molecule has 1 atom stereocenters. The van der Waals surface area contributed by atoms with E-state index >= 15 is 0 Å². The molecule has 90 valence electrons. The Hall–Kier alpha value is -0.0900. The van der Waals surface area contributed by atoms with Crippen molar-refractivity contribution in [1.29, 1.82) is 0 Å². The van der Waals surface area contributed by atoms with Gasteiger partial charge in [0.2, 0.25) is 0 Å². The Morgan fingerprint density at radius 1 is 1.33 bits per heavy atom. The molecular formula is C11H23NO2S. The average Bonchev–Trinajstić information content (AvgIpc) is 2.95. The maximum absolute atomic E-state index is 11.3. The van der Waals surface area contributed by atoms with Crippen LogP contribution in [-0.2, 0) is 9.84 Å². The van der Waals surface area contributed by atoms with Gasteiger partial charge in [0.05, 0.1) is 5.75 Å². The van der Waals surface area contributed by atoms with Gasteiger partial charge in [0.1, 0.15) is 0 Å². The maximum atomic E-state index is 11.3. The van der Waals surface area contributed by atoms with Gasteiger partial charge in [0, 0.05) is 18.3 Å². The summed E-state index contributed by atoms with van der Waals surface area (Å²) in [4.78, 5) is 0. The lowest BCUT2D eigenvalue weighted by molar-refractivity contribution is 0.368. The maximum Gasteiger partial charge on any atom is 0.151 e. The minimum atomic E-state index is -2.81. The highest BCUT2D eigenvalue weighted by Crippen LogP contribution is 2.35. The summed E-state index contributed by atoms with van der Waals surface area (Å²) >= 11 is 0. The molecule has 0 bridgehead atoms. The predicted molar refractivity (Wildman–Crippen MR) is 63.7 cm³/mol. The van der Waals surface area contributed by atoms with E-state index in [9.17, 15) is 8.42 Å². The molecule has 0 aromatic carbocycles. The van der Waals surface area contributed by atoms with E-state index in [1.54, 1.807) is 6.92 Å². The molecule has 0 saturated heterocycles. The van der Waals surface area contributed by atoms with Crippen LogP contribution in [0.1, 0.15) is 33.6 Å². The van der Waals surface area contributed by atoms with Gasteiger partial charge in [-0.2, -0.15) is 0 Å². The number of hydrogen-bond acceptors (Lipinski definition) is 3. The molecule has 0 radical (unpaired) electrons. The van der Waals surface area contributed by atoms with E-state index in [0.29, 0.717) is 18.5 Å². The van der Waals surface area contributed by atoms with Gasteiger partial charge in [0.15, 0.2) is 9.84 Å². The molecule has 0 amide bonds. The van der Waals surface area contributed by atoms with E-state index in [4.69, 9.17) is 0 Å². The molecule has 1 aliphatic carbocycles. The summed E-state index contributed by atoms with van der Waals surface area (Å²) in [6, 6.07) is 0.511. The minimum absolute atomic E-state index is 0.254. The molecule has 3 nitrogen and oxygen atoms in total. The van der Waals surface area contributed by atoms with Gasteiger partial charge in [-0.1, -0.05) is 20.8 Å². The fourth-order valence-electron chi connectivity index (χ4n) is 1.93. The van der Waals surface area contributed by atoms with Crippen molar-refractivity contribution in [3.63, 3.8) is 0 Å². The van der Waals surface area contributed by atoms with Crippen LogP contribution in [0.5, 0.6) is 0 Å². The van der Waals surface area contributed by atoms with Crippen molar-refractivity contribution in [2.75, 3.05) is 18.1 Å². The van der Waals surface area contributed by atoms with Crippen molar-refractivity contribution < 1.29 is 8.42 Å². The SMILES string of the molecule is CCS(=O)(=O)CCNC(C(C)C)C1CC1. The van der Waals surface area contributed by atoms with Gasteiger partial charge in [0.25, 0.3) is 0 Å². The summed E-state index contributed by atoms with van der Waals surface area (Å²) in [7, 11) is -2.81. The van der Waals surface area contributed by atoms with E-state index in [0.717, 1.165) is 5.92 Å². The second-order valence-corrected chi connectivity index (χ2v) is 7.27. The normalized spacial score (nSPS) is 19.5. The highest BCUT2D eigenvalue weighted by atomic mass is 32.2. The molecule has 4 heteroatoms. The molecule has 15 heavy (non-hydrogen) atoms. The molecule has 0 aliphatic heterocycles. The summed E-state index contributed by atoms with van der Waals surface area (Å²) in [6.45, 7) is 6.71. The summed E-state index contributed by atoms with van der Waals surface area (Å²) < 4.78 is 22.6. The number of sulfone groups is 1. The third-order valence-electron chi connectivity index (χ3n) is 3.08. The zero-order valence-corrected chi connectivity index (χ0v) is 10.8. The second kappa shape index (κ2) is 5.30. The fourth-order valence-corrected chi connectivity index (χ4v) is 2.65. The van der Waals surface area contributed by atoms with Crippen molar-refractivity contribution in [2.45, 2.75) is 39.7 Å². The van der Waals surface area contributed by atoms with Gasteiger partial charge in [-0.05, 0) is 24.7 Å². The van der Waals surface area contributed by atoms with Gasteiger partial charge in [-0.25, -0.2) is 8.42 Å². The van der Waals surface area contributed by atoms with E-state index in [2.05, 4.69) is 19.2 Å². The van der Waals surface area contributed by atoms with Crippen LogP contribution >= 0.6 is 0 Å². The second-order valence-electron chi connectivity index (χ2n) is 4.80. The van der Waals surface area contributed by atoms with Crippen LogP contribution in [0.3, 0.4) is 0 Å². The zero-order valence-electron chi connectivity index (χ0n) is 9.99. The van der Waals surface area contributed by atoms with Gasteiger partial charge >= 0.3 is 0 Å². The minimum Gasteiger partial charge on any atom is -0.312 e. The first-order valence-corrected chi connectivity index (χ1v) is 7.72. The molecule has 0 aromatic heterocycles. The highest BCUT2D eigenvalue weighted by Gasteiger charge is 2.32.